The van der Waals surface area contributed by atoms with Crippen LogP contribution < -0.4 is 4.90 Å². The monoisotopic (exact) mass is 421 g/mol. The fraction of sp³-hybridized carbons (Fsp3) is 0. The Labute approximate surface area is 181 Å². The molecule has 1 aromatic heterocycles. The van der Waals surface area contributed by atoms with Crippen molar-refractivity contribution in [1.82, 2.24) is 0 Å². The molecule has 1 aliphatic rings. The van der Waals surface area contributed by atoms with Crippen LogP contribution in [-0.4, -0.2) is 16.9 Å². The van der Waals surface area contributed by atoms with Gasteiger partial charge in [-0.2, -0.15) is 0 Å². The molecule has 1 N–H and O–H groups in total. The highest BCUT2D eigenvalue weighted by atomic mass is 16.4. The Hall–Kier alpha value is -4.58. The number of para-hydroxylation sites is 2. The molecule has 0 radical (unpaired) electrons. The van der Waals surface area contributed by atoms with Gasteiger partial charge in [0, 0.05) is 10.8 Å². The maximum atomic E-state index is 13.1. The molecule has 1 aliphatic heterocycles. The Balaban J connectivity index is 1.65. The van der Waals surface area contributed by atoms with Gasteiger partial charge in [-0.15, -0.1) is 0 Å². The molecule has 0 atom stereocenters. The van der Waals surface area contributed by atoms with Gasteiger partial charge in [0.1, 0.15) is 16.9 Å². The Kier molecular flexibility index (Phi) is 3.82. The Morgan fingerprint density at radius 1 is 0.594 bits per heavy atom. The Bertz CT molecular complexity index is 1520. The lowest BCUT2D eigenvalue weighted by Gasteiger charge is -2.13. The van der Waals surface area contributed by atoms with Gasteiger partial charge in [0.2, 0.25) is 0 Å². The van der Waals surface area contributed by atoms with Gasteiger partial charge in [-0.05, 0) is 48.5 Å². The van der Waals surface area contributed by atoms with Crippen molar-refractivity contribution < 1.29 is 23.5 Å². The minimum absolute atomic E-state index is 0.0486. The molecular formula is C26H15NO5. The number of nitrogens with zero attached hydrogens (tertiary/aromatic N) is 1. The van der Waals surface area contributed by atoms with Crippen molar-refractivity contribution in [1.29, 1.82) is 0 Å². The number of aromatic hydroxyl groups is 1. The highest BCUT2D eigenvalue weighted by molar-refractivity contribution is 6.35. The van der Waals surface area contributed by atoms with Crippen LogP contribution in [0.3, 0.4) is 0 Å². The molecule has 2 heterocycles. The maximum absolute atomic E-state index is 13.1. The zero-order valence-corrected chi connectivity index (χ0v) is 16.6. The molecule has 0 saturated carbocycles. The van der Waals surface area contributed by atoms with Crippen LogP contribution in [0.1, 0.15) is 20.7 Å². The van der Waals surface area contributed by atoms with Crippen LogP contribution in [0, 0.1) is 0 Å². The minimum Gasteiger partial charge on any atom is -0.508 e. The zero-order chi connectivity index (χ0) is 21.8. The van der Waals surface area contributed by atoms with E-state index in [0.29, 0.717) is 28.0 Å². The summed E-state index contributed by atoms with van der Waals surface area (Å²) in [6, 6.07) is 24.2. The van der Waals surface area contributed by atoms with Crippen molar-refractivity contribution in [2.45, 2.75) is 0 Å². The van der Waals surface area contributed by atoms with Crippen LogP contribution in [-0.2, 0) is 0 Å². The summed E-state index contributed by atoms with van der Waals surface area (Å²) in [5.41, 5.74) is 2.78. The summed E-state index contributed by atoms with van der Waals surface area (Å²) >= 11 is 0. The van der Waals surface area contributed by atoms with Crippen molar-refractivity contribution in [3.05, 3.63) is 96.1 Å². The second kappa shape index (κ2) is 6.72. The van der Waals surface area contributed by atoms with Crippen LogP contribution in [0.2, 0.25) is 0 Å². The second-order valence-corrected chi connectivity index (χ2v) is 7.50. The summed E-state index contributed by atoms with van der Waals surface area (Å²) in [6.45, 7) is 0. The quantitative estimate of drug-likeness (QED) is 0.338. The first-order valence-corrected chi connectivity index (χ1v) is 10.00. The van der Waals surface area contributed by atoms with E-state index >= 15 is 0 Å². The summed E-state index contributed by atoms with van der Waals surface area (Å²) in [6.07, 6.45) is 0. The fourth-order valence-electron chi connectivity index (χ4n) is 4.04. The molecule has 6 nitrogen and oxygen atoms in total. The lowest BCUT2D eigenvalue weighted by molar-refractivity contribution is 0.0926. The Morgan fingerprint density at radius 3 is 1.56 bits per heavy atom. The van der Waals surface area contributed by atoms with E-state index in [2.05, 4.69) is 0 Å². The molecule has 0 unspecified atom stereocenters. The molecule has 0 spiro atoms. The molecule has 4 aromatic carbocycles. The summed E-state index contributed by atoms with van der Waals surface area (Å²) in [5, 5.41) is 11.3. The van der Waals surface area contributed by atoms with E-state index in [1.54, 1.807) is 12.1 Å². The lowest BCUT2D eigenvalue weighted by atomic mass is 10.1. The number of anilines is 1. The smallest absolute Gasteiger partial charge is 0.266 e. The van der Waals surface area contributed by atoms with E-state index in [1.807, 2.05) is 48.5 Å². The van der Waals surface area contributed by atoms with Crippen LogP contribution in [0.5, 0.6) is 5.75 Å². The van der Waals surface area contributed by atoms with Crippen LogP contribution in [0.15, 0.2) is 93.8 Å². The number of fused-ring (bicyclic) bond motifs is 5. The third-order valence-electron chi connectivity index (χ3n) is 5.56. The third-order valence-corrected chi connectivity index (χ3v) is 5.56. The Morgan fingerprint density at radius 2 is 1.06 bits per heavy atom. The summed E-state index contributed by atoms with van der Waals surface area (Å²) in [5.74, 6) is -0.872. The average Bonchev–Trinajstić information content (AvgIpc) is 3.03. The summed E-state index contributed by atoms with van der Waals surface area (Å²) in [7, 11) is 0. The first kappa shape index (κ1) is 18.2. The number of phenolic OH excluding ortho intramolecular Hbond substituents is 1. The van der Waals surface area contributed by atoms with Crippen molar-refractivity contribution >= 4 is 50.6 Å². The van der Waals surface area contributed by atoms with Crippen molar-refractivity contribution in [2.24, 2.45) is 0 Å². The fourth-order valence-corrected chi connectivity index (χ4v) is 4.04. The highest BCUT2D eigenvalue weighted by Gasteiger charge is 2.37. The lowest BCUT2D eigenvalue weighted by Crippen LogP contribution is -2.29. The van der Waals surface area contributed by atoms with Crippen molar-refractivity contribution in [2.75, 3.05) is 4.90 Å². The van der Waals surface area contributed by atoms with Crippen LogP contribution in [0.25, 0.3) is 33.1 Å². The number of hydrogen-bond acceptors (Lipinski definition) is 5. The predicted molar refractivity (Wildman–Crippen MR) is 120 cm³/mol. The number of carbonyl (C=O) groups is 2. The number of amides is 2. The highest BCUT2D eigenvalue weighted by Crippen LogP contribution is 2.34. The molecule has 2 amide bonds. The molecule has 0 saturated heterocycles. The van der Waals surface area contributed by atoms with Crippen LogP contribution in [0.4, 0.5) is 5.69 Å². The number of benzene rings is 4. The molecule has 0 aliphatic carbocycles. The normalized spacial score (nSPS) is 13.2. The SMILES string of the molecule is O=C1c2cc3oc4ccccc4c4ccccc4oc3cc2C(=O)N1c1ccc(O)cc1. The van der Waals surface area contributed by atoms with Crippen molar-refractivity contribution in [3.63, 3.8) is 0 Å². The number of rotatable bonds is 1. The van der Waals surface area contributed by atoms with Gasteiger partial charge >= 0.3 is 0 Å². The van der Waals surface area contributed by atoms with E-state index in [-0.39, 0.29) is 16.9 Å². The maximum Gasteiger partial charge on any atom is 0.266 e. The molecule has 6 rings (SSSR count). The van der Waals surface area contributed by atoms with Crippen molar-refractivity contribution in [3.8, 4) is 5.75 Å². The first-order chi connectivity index (χ1) is 15.6. The summed E-state index contributed by atoms with van der Waals surface area (Å²) in [4.78, 5) is 27.3. The number of phenols is 1. The van der Waals surface area contributed by atoms with E-state index in [4.69, 9.17) is 8.83 Å². The third kappa shape index (κ3) is 2.66. The van der Waals surface area contributed by atoms with Gasteiger partial charge in [0.15, 0.2) is 11.2 Å². The molecular weight excluding hydrogens is 406 g/mol. The van der Waals surface area contributed by atoms with E-state index in [9.17, 15) is 14.7 Å². The average molecular weight is 421 g/mol. The van der Waals surface area contributed by atoms with Gasteiger partial charge in [0.25, 0.3) is 11.8 Å². The molecule has 0 fully saturated rings. The van der Waals surface area contributed by atoms with Gasteiger partial charge in [-0.3, -0.25) is 9.59 Å². The molecule has 154 valence electrons. The van der Waals surface area contributed by atoms with E-state index < -0.39 is 11.8 Å². The van der Waals surface area contributed by atoms with Gasteiger partial charge in [-0.1, -0.05) is 36.4 Å². The van der Waals surface area contributed by atoms with E-state index in [0.717, 1.165) is 15.7 Å². The largest absolute Gasteiger partial charge is 0.508 e. The first-order valence-electron chi connectivity index (χ1n) is 10.00. The second-order valence-electron chi connectivity index (χ2n) is 7.50. The number of imide groups is 1. The molecule has 32 heavy (non-hydrogen) atoms. The number of carbonyl (C=O) groups excluding carboxylic acids is 2. The summed E-state index contributed by atoms with van der Waals surface area (Å²) < 4.78 is 12.3. The van der Waals surface area contributed by atoms with Gasteiger partial charge in [0.05, 0.1) is 16.8 Å². The number of hydrogen-bond donors (Lipinski definition) is 1. The minimum atomic E-state index is -0.460. The van der Waals surface area contributed by atoms with Gasteiger partial charge in [-0.25, -0.2) is 4.90 Å². The molecule has 5 aromatic rings. The van der Waals surface area contributed by atoms with Crippen LogP contribution >= 0.6 is 0 Å². The predicted octanol–water partition coefficient (Wildman–Crippen LogP) is 5.96. The molecule has 6 heteroatoms. The van der Waals surface area contributed by atoms with E-state index in [1.165, 1.54) is 24.3 Å². The molecule has 0 bridgehead atoms. The topological polar surface area (TPSA) is 83.9 Å². The standard InChI is InChI=1S/C26H15NO5/c28-16-11-9-15(10-12-16)27-25(29)19-13-23-24(14-20(19)26(27)30)32-22-8-4-2-6-18(22)17-5-1-3-7-21(17)31-23/h1-14,28H. The van der Waals surface area contributed by atoms with Gasteiger partial charge < -0.3 is 13.9 Å². The zero-order valence-electron chi connectivity index (χ0n) is 16.6.